The molecule has 1 aliphatic rings. The Morgan fingerprint density at radius 3 is 2.62 bits per heavy atom. The molecule has 174 valence electrons. The topological polar surface area (TPSA) is 116 Å². The molecular weight excluding hydrogens is 478 g/mol. The fourth-order valence-corrected chi connectivity index (χ4v) is 4.86. The molecule has 4 aromatic rings. The van der Waals surface area contributed by atoms with Crippen molar-refractivity contribution in [2.45, 2.75) is 23.8 Å². The molecule has 0 amide bonds. The van der Waals surface area contributed by atoms with Gasteiger partial charge in [0, 0.05) is 24.6 Å². The molecule has 0 spiro atoms. The molecule has 0 atom stereocenters. The normalized spacial score (nSPS) is 14.7. The minimum absolute atomic E-state index is 0.00602. The number of hydrogen-bond donors (Lipinski definition) is 1. The molecule has 3 aromatic heterocycles. The summed E-state index contributed by atoms with van der Waals surface area (Å²) in [4.78, 5) is 17.5. The molecule has 4 heterocycles. The third kappa shape index (κ3) is 4.79. The number of hydrogen-bond acceptors (Lipinski definition) is 8. The summed E-state index contributed by atoms with van der Waals surface area (Å²) in [6.45, 7) is 1.29. The first-order valence-electron chi connectivity index (χ1n) is 10.6. The average Bonchev–Trinajstić information content (AvgIpc) is 2.86. The maximum atomic E-state index is 12.8. The van der Waals surface area contributed by atoms with Gasteiger partial charge in [-0.25, -0.2) is 23.4 Å². The molecule has 1 aliphatic heterocycles. The van der Waals surface area contributed by atoms with Crippen LogP contribution in [0.15, 0.2) is 66.0 Å². The number of ether oxygens (including phenoxy) is 2. The molecule has 0 saturated carbocycles. The van der Waals surface area contributed by atoms with Gasteiger partial charge < -0.3 is 9.47 Å². The predicted molar refractivity (Wildman–Crippen MR) is 127 cm³/mol. The van der Waals surface area contributed by atoms with E-state index in [0.29, 0.717) is 41.4 Å². The number of sulfonamides is 1. The van der Waals surface area contributed by atoms with Crippen molar-refractivity contribution in [1.29, 1.82) is 0 Å². The molecule has 0 aliphatic carbocycles. The number of benzene rings is 1. The molecule has 11 heteroatoms. The van der Waals surface area contributed by atoms with Gasteiger partial charge >= 0.3 is 0 Å². The van der Waals surface area contributed by atoms with E-state index in [4.69, 9.17) is 26.1 Å². The zero-order chi connectivity index (χ0) is 23.5. The smallest absolute Gasteiger partial charge is 0.261 e. The summed E-state index contributed by atoms with van der Waals surface area (Å²) in [7, 11) is -3.84. The van der Waals surface area contributed by atoms with Crippen LogP contribution in [0.2, 0.25) is 5.15 Å². The number of halogens is 1. The summed E-state index contributed by atoms with van der Waals surface area (Å²) in [5.74, 6) is 0.394. The van der Waals surface area contributed by atoms with Crippen molar-refractivity contribution in [2.24, 2.45) is 0 Å². The fourth-order valence-electron chi connectivity index (χ4n) is 3.58. The number of anilines is 1. The Hall–Kier alpha value is -3.34. The van der Waals surface area contributed by atoms with Crippen molar-refractivity contribution < 1.29 is 17.9 Å². The van der Waals surface area contributed by atoms with Crippen molar-refractivity contribution in [3.63, 3.8) is 0 Å². The highest BCUT2D eigenvalue weighted by Crippen LogP contribution is 2.30. The number of fused-ring (bicyclic) bond motifs is 1. The van der Waals surface area contributed by atoms with Crippen LogP contribution in [0.3, 0.4) is 0 Å². The summed E-state index contributed by atoms with van der Waals surface area (Å²) >= 11 is 6.20. The Balaban J connectivity index is 1.48. The first-order valence-corrected chi connectivity index (χ1v) is 12.5. The summed E-state index contributed by atoms with van der Waals surface area (Å²) in [5.41, 5.74) is 2.40. The van der Waals surface area contributed by atoms with E-state index < -0.39 is 10.0 Å². The van der Waals surface area contributed by atoms with Gasteiger partial charge in [-0.3, -0.25) is 4.72 Å². The number of pyridine rings is 2. The SMILES string of the molecule is O=S(=O)(Nc1cc(-c2ccc3ncnc(OC4CCOCC4)c3n2)cnc1Cl)c1ccccc1. The molecule has 34 heavy (non-hydrogen) atoms. The highest BCUT2D eigenvalue weighted by molar-refractivity contribution is 7.92. The van der Waals surface area contributed by atoms with Crippen LogP contribution in [0.5, 0.6) is 5.88 Å². The number of aromatic nitrogens is 4. The van der Waals surface area contributed by atoms with Crippen LogP contribution in [-0.2, 0) is 14.8 Å². The van der Waals surface area contributed by atoms with Crippen LogP contribution in [0.4, 0.5) is 5.69 Å². The van der Waals surface area contributed by atoms with Gasteiger partial charge in [0.15, 0.2) is 10.7 Å². The molecule has 0 radical (unpaired) electrons. The molecule has 1 fully saturated rings. The molecule has 0 bridgehead atoms. The van der Waals surface area contributed by atoms with E-state index in [1.807, 2.05) is 0 Å². The van der Waals surface area contributed by atoms with E-state index in [9.17, 15) is 8.42 Å². The summed E-state index contributed by atoms with van der Waals surface area (Å²) in [6.07, 6.45) is 4.51. The first-order chi connectivity index (χ1) is 16.5. The second kappa shape index (κ2) is 9.49. The molecule has 1 saturated heterocycles. The lowest BCUT2D eigenvalue weighted by molar-refractivity contribution is 0.0243. The predicted octanol–water partition coefficient (Wildman–Crippen LogP) is 4.10. The molecule has 1 aromatic carbocycles. The third-order valence-corrected chi connectivity index (χ3v) is 7.01. The van der Waals surface area contributed by atoms with Gasteiger partial charge in [-0.05, 0) is 30.3 Å². The Morgan fingerprint density at radius 1 is 1.03 bits per heavy atom. The molecular formula is C23H20ClN5O4S. The second-order valence-electron chi connectivity index (χ2n) is 7.65. The fraction of sp³-hybridized carbons (Fsp3) is 0.217. The van der Waals surface area contributed by atoms with Crippen LogP contribution in [0.1, 0.15) is 12.8 Å². The van der Waals surface area contributed by atoms with Gasteiger partial charge in [-0.2, -0.15) is 4.98 Å². The van der Waals surface area contributed by atoms with Gasteiger partial charge in [-0.1, -0.05) is 29.8 Å². The highest BCUT2D eigenvalue weighted by atomic mass is 35.5. The monoisotopic (exact) mass is 497 g/mol. The van der Waals surface area contributed by atoms with Gasteiger partial charge in [0.05, 0.1) is 35.0 Å². The quantitative estimate of drug-likeness (QED) is 0.396. The van der Waals surface area contributed by atoms with Crippen molar-refractivity contribution in [3.8, 4) is 17.1 Å². The maximum absolute atomic E-state index is 12.8. The molecule has 0 unspecified atom stereocenters. The summed E-state index contributed by atoms with van der Waals surface area (Å²) < 4.78 is 39.5. The van der Waals surface area contributed by atoms with E-state index in [1.165, 1.54) is 24.7 Å². The highest BCUT2D eigenvalue weighted by Gasteiger charge is 2.20. The van der Waals surface area contributed by atoms with E-state index in [2.05, 4.69) is 19.7 Å². The number of rotatable bonds is 6. The van der Waals surface area contributed by atoms with Crippen molar-refractivity contribution >= 4 is 38.3 Å². The largest absolute Gasteiger partial charge is 0.473 e. The standard InChI is InChI=1S/C23H20ClN5O4S/c24-22-20(29-34(30,31)17-4-2-1-3-5-17)12-15(13-25-22)18-6-7-19-21(28-18)23(27-14-26-19)33-16-8-10-32-11-9-16/h1-7,12-14,16,29H,8-11H2. The first kappa shape index (κ1) is 22.5. The van der Waals surface area contributed by atoms with Crippen molar-refractivity contribution in [1.82, 2.24) is 19.9 Å². The van der Waals surface area contributed by atoms with Gasteiger partial charge in [0.25, 0.3) is 10.0 Å². The van der Waals surface area contributed by atoms with E-state index in [0.717, 1.165) is 12.8 Å². The number of nitrogens with zero attached hydrogens (tertiary/aromatic N) is 4. The second-order valence-corrected chi connectivity index (χ2v) is 9.69. The Labute approximate surface area is 201 Å². The maximum Gasteiger partial charge on any atom is 0.261 e. The van der Waals surface area contributed by atoms with E-state index in [1.54, 1.807) is 36.4 Å². The lowest BCUT2D eigenvalue weighted by atomic mass is 10.1. The zero-order valence-electron chi connectivity index (χ0n) is 17.9. The molecule has 1 N–H and O–H groups in total. The van der Waals surface area contributed by atoms with Crippen LogP contribution in [-0.4, -0.2) is 47.7 Å². The lowest BCUT2D eigenvalue weighted by Gasteiger charge is -2.22. The van der Waals surface area contributed by atoms with E-state index >= 15 is 0 Å². The Bertz CT molecular complexity index is 1430. The minimum Gasteiger partial charge on any atom is -0.473 e. The van der Waals surface area contributed by atoms with Gasteiger partial charge in [-0.15, -0.1) is 0 Å². The third-order valence-electron chi connectivity index (χ3n) is 5.33. The van der Waals surface area contributed by atoms with Crippen molar-refractivity contribution in [3.05, 3.63) is 66.2 Å². The average molecular weight is 498 g/mol. The zero-order valence-corrected chi connectivity index (χ0v) is 19.5. The Kier molecular flexibility index (Phi) is 6.27. The van der Waals surface area contributed by atoms with Crippen LogP contribution < -0.4 is 9.46 Å². The summed E-state index contributed by atoms with van der Waals surface area (Å²) in [5, 5.41) is 0.0240. The lowest BCUT2D eigenvalue weighted by Crippen LogP contribution is -2.26. The number of nitrogens with one attached hydrogen (secondary N) is 1. The van der Waals surface area contributed by atoms with Gasteiger partial charge in [0.1, 0.15) is 12.4 Å². The molecule has 9 nitrogen and oxygen atoms in total. The van der Waals surface area contributed by atoms with Crippen LogP contribution >= 0.6 is 11.6 Å². The minimum atomic E-state index is -3.84. The molecule has 5 rings (SSSR count). The van der Waals surface area contributed by atoms with Crippen LogP contribution in [0.25, 0.3) is 22.3 Å². The van der Waals surface area contributed by atoms with Crippen molar-refractivity contribution in [2.75, 3.05) is 17.9 Å². The van der Waals surface area contributed by atoms with Crippen LogP contribution in [0, 0.1) is 0 Å². The summed E-state index contributed by atoms with van der Waals surface area (Å²) in [6, 6.07) is 13.2. The van der Waals surface area contributed by atoms with Gasteiger partial charge in [0.2, 0.25) is 5.88 Å². The Morgan fingerprint density at radius 2 is 1.82 bits per heavy atom. The van der Waals surface area contributed by atoms with E-state index in [-0.39, 0.29) is 21.8 Å².